The predicted octanol–water partition coefficient (Wildman–Crippen LogP) is 5.39. The second kappa shape index (κ2) is 16.2. The molecule has 0 amide bonds. The second-order valence-corrected chi connectivity index (χ2v) is 7.22. The monoisotopic (exact) mass is 404 g/mol. The van der Waals surface area contributed by atoms with Crippen molar-refractivity contribution in [1.82, 2.24) is 9.80 Å². The van der Waals surface area contributed by atoms with Gasteiger partial charge < -0.3 is 9.80 Å². The number of hydrogen-bond acceptors (Lipinski definition) is 2. The van der Waals surface area contributed by atoms with Crippen LogP contribution in [0.4, 0.5) is 0 Å². The maximum atomic E-state index is 4.81. The second-order valence-electron chi connectivity index (χ2n) is 4.99. The smallest absolute Gasteiger partial charge is 0.133 e. The minimum absolute atomic E-state index is 0.690. The van der Waals surface area contributed by atoms with Crippen LogP contribution in [0.15, 0.2) is 24.3 Å². The van der Waals surface area contributed by atoms with Gasteiger partial charge in [-0.1, -0.05) is 48.7 Å². The Morgan fingerprint density at radius 2 is 1.00 bits per heavy atom. The molecule has 24 heavy (non-hydrogen) atoms. The summed E-state index contributed by atoms with van der Waals surface area (Å²) < 4.78 is 1.38. The van der Waals surface area contributed by atoms with Crippen LogP contribution in [0.25, 0.3) is 0 Å². The van der Waals surface area contributed by atoms with Crippen LogP contribution >= 0.6 is 49.7 Å². The van der Waals surface area contributed by atoms with Gasteiger partial charge in [0.25, 0.3) is 0 Å². The maximum absolute atomic E-state index is 4.81. The van der Waals surface area contributed by atoms with Crippen LogP contribution in [-0.4, -0.2) is 44.6 Å². The fraction of sp³-hybridized carbons (Fsp3) is 0.556. The highest BCUT2D eigenvalue weighted by molar-refractivity contribution is 8.11. The molecule has 0 aliphatic rings. The molecule has 0 saturated heterocycles. The molecule has 0 fully saturated rings. The molecule has 1 aromatic rings. The topological polar surface area (TPSA) is 6.48 Å². The van der Waals surface area contributed by atoms with Crippen LogP contribution in [0.5, 0.6) is 0 Å². The first-order valence-electron chi connectivity index (χ1n) is 8.22. The fourth-order valence-electron chi connectivity index (χ4n) is 1.65. The van der Waals surface area contributed by atoms with Crippen molar-refractivity contribution < 1.29 is 0 Å². The molecule has 0 unspecified atom stereocenters. The van der Waals surface area contributed by atoms with E-state index in [1.165, 1.54) is 11.1 Å². The first-order chi connectivity index (χ1) is 11.2. The summed E-state index contributed by atoms with van der Waals surface area (Å²) in [4.78, 5) is 4.02. The molecule has 0 atom stereocenters. The van der Waals surface area contributed by atoms with Crippen LogP contribution in [0, 0.1) is 13.8 Å². The third kappa shape index (κ3) is 13.0. The lowest BCUT2D eigenvalue weighted by atomic mass is 10.1. The van der Waals surface area contributed by atoms with Crippen molar-refractivity contribution in [2.75, 3.05) is 26.2 Å². The third-order valence-corrected chi connectivity index (χ3v) is 4.58. The molecule has 0 heterocycles. The summed E-state index contributed by atoms with van der Waals surface area (Å²) in [5, 5.41) is 0. The van der Waals surface area contributed by atoms with E-state index in [-0.39, 0.29) is 0 Å². The Morgan fingerprint density at radius 1 is 0.750 bits per heavy atom. The van der Waals surface area contributed by atoms with Crippen molar-refractivity contribution in [2.45, 2.75) is 41.5 Å². The van der Waals surface area contributed by atoms with E-state index < -0.39 is 0 Å². The molecule has 0 radical (unpaired) electrons. The molecule has 0 spiro atoms. The molecule has 0 aliphatic carbocycles. The van der Waals surface area contributed by atoms with E-state index in [0.717, 1.165) is 26.2 Å². The molecule has 1 rings (SSSR count). The van der Waals surface area contributed by atoms with Crippen LogP contribution < -0.4 is 0 Å². The molecule has 1 aromatic carbocycles. The van der Waals surface area contributed by atoms with Crippen molar-refractivity contribution in [1.29, 1.82) is 0 Å². The minimum atomic E-state index is 0.690. The summed E-state index contributed by atoms with van der Waals surface area (Å²) >= 11 is 17.6. The number of hydrogen-bond donors (Lipinski definition) is 2. The van der Waals surface area contributed by atoms with E-state index in [0.29, 0.717) is 8.64 Å². The van der Waals surface area contributed by atoms with Crippen LogP contribution in [0.3, 0.4) is 0 Å². The summed E-state index contributed by atoms with van der Waals surface area (Å²) in [7, 11) is 0. The van der Waals surface area contributed by atoms with Crippen molar-refractivity contribution in [3.8, 4) is 0 Å². The summed E-state index contributed by atoms with van der Waals surface area (Å²) in [5.74, 6) is 0. The first-order valence-corrected chi connectivity index (χ1v) is 9.93. The van der Waals surface area contributed by atoms with Gasteiger partial charge in [-0.15, -0.1) is 25.3 Å². The van der Waals surface area contributed by atoms with E-state index in [9.17, 15) is 0 Å². The molecular weight excluding hydrogens is 372 g/mol. The Kier molecular flexibility index (Phi) is 17.5. The summed E-state index contributed by atoms with van der Waals surface area (Å²) in [6, 6.07) is 8.36. The standard InChI is InChI=1S/C8H10.2C5H11NS2/c1-7-5-3-4-6-8(7)2;2*1-3-6(4-2)5(7)8/h3-6H,1-2H3;2*3-4H2,1-2H3,(H,7,8). The van der Waals surface area contributed by atoms with E-state index in [1.807, 2.05) is 9.80 Å². The molecule has 0 N–H and O–H groups in total. The predicted molar refractivity (Wildman–Crippen MR) is 125 cm³/mol. The molecular formula is C18H32N2S4. The zero-order valence-electron chi connectivity index (χ0n) is 15.7. The molecule has 2 nitrogen and oxygen atoms in total. The summed E-state index contributed by atoms with van der Waals surface area (Å²) in [6.45, 7) is 16.3. The summed E-state index contributed by atoms with van der Waals surface area (Å²) in [5.41, 5.74) is 2.74. The van der Waals surface area contributed by atoms with Crippen molar-refractivity contribution in [2.24, 2.45) is 0 Å². The molecule has 6 heteroatoms. The Labute approximate surface area is 170 Å². The van der Waals surface area contributed by atoms with Crippen LogP contribution in [0.1, 0.15) is 38.8 Å². The Hall–Kier alpha value is -0.300. The van der Waals surface area contributed by atoms with Crippen molar-refractivity contribution in [3.63, 3.8) is 0 Å². The highest BCUT2D eigenvalue weighted by atomic mass is 32.1. The zero-order chi connectivity index (χ0) is 19.1. The lowest BCUT2D eigenvalue weighted by molar-refractivity contribution is 0.482. The Bertz CT molecular complexity index is 427. The Morgan fingerprint density at radius 3 is 1.08 bits per heavy atom. The molecule has 0 aliphatic heterocycles. The van der Waals surface area contributed by atoms with Gasteiger partial charge in [-0.25, -0.2) is 0 Å². The molecule has 138 valence electrons. The average molecular weight is 405 g/mol. The van der Waals surface area contributed by atoms with Crippen LogP contribution in [0.2, 0.25) is 0 Å². The lowest BCUT2D eigenvalue weighted by Gasteiger charge is -2.16. The van der Waals surface area contributed by atoms with Gasteiger partial charge in [0.05, 0.1) is 0 Å². The number of thiol groups is 2. The number of thiocarbonyl (C=S) groups is 2. The molecule has 0 aromatic heterocycles. The summed E-state index contributed by atoms with van der Waals surface area (Å²) in [6.07, 6.45) is 0. The average Bonchev–Trinajstić information content (AvgIpc) is 2.53. The van der Waals surface area contributed by atoms with Gasteiger partial charge in [-0.3, -0.25) is 0 Å². The van der Waals surface area contributed by atoms with E-state index in [2.05, 4.69) is 91.1 Å². The number of aryl methyl sites for hydroxylation is 2. The van der Waals surface area contributed by atoms with Crippen LogP contribution in [-0.2, 0) is 0 Å². The van der Waals surface area contributed by atoms with E-state index >= 15 is 0 Å². The highest BCUT2D eigenvalue weighted by Crippen LogP contribution is 2.02. The normalized spacial score (nSPS) is 9.00. The van der Waals surface area contributed by atoms with E-state index in [4.69, 9.17) is 24.4 Å². The molecule has 0 saturated carbocycles. The zero-order valence-corrected chi connectivity index (χ0v) is 19.2. The first kappa shape index (κ1) is 25.9. The Balaban J connectivity index is 0. The van der Waals surface area contributed by atoms with Gasteiger partial charge in [-0.2, -0.15) is 0 Å². The van der Waals surface area contributed by atoms with Gasteiger partial charge >= 0.3 is 0 Å². The lowest BCUT2D eigenvalue weighted by Crippen LogP contribution is -2.24. The number of benzene rings is 1. The quantitative estimate of drug-likeness (QED) is 0.513. The third-order valence-electron chi connectivity index (χ3n) is 3.49. The number of rotatable bonds is 4. The van der Waals surface area contributed by atoms with Crippen molar-refractivity contribution in [3.05, 3.63) is 35.4 Å². The largest absolute Gasteiger partial charge is 0.358 e. The van der Waals surface area contributed by atoms with Gasteiger partial charge in [0.15, 0.2) is 0 Å². The van der Waals surface area contributed by atoms with Gasteiger partial charge in [0.1, 0.15) is 8.64 Å². The van der Waals surface area contributed by atoms with Gasteiger partial charge in [0, 0.05) is 26.2 Å². The van der Waals surface area contributed by atoms with Gasteiger partial charge in [0.2, 0.25) is 0 Å². The SMILES string of the molecule is CCN(CC)C(=S)S.CCN(CC)C(=S)S.Cc1ccccc1C. The number of nitrogens with zero attached hydrogens (tertiary/aromatic N) is 2. The minimum Gasteiger partial charge on any atom is -0.358 e. The molecule has 0 bridgehead atoms. The van der Waals surface area contributed by atoms with Crippen molar-refractivity contribution >= 4 is 58.3 Å². The highest BCUT2D eigenvalue weighted by Gasteiger charge is 1.96. The van der Waals surface area contributed by atoms with Gasteiger partial charge in [-0.05, 0) is 52.7 Å². The maximum Gasteiger partial charge on any atom is 0.133 e. The fourth-order valence-corrected chi connectivity index (χ4v) is 2.73. The van der Waals surface area contributed by atoms with E-state index in [1.54, 1.807) is 0 Å².